The lowest BCUT2D eigenvalue weighted by molar-refractivity contribution is 0.573. The quantitative estimate of drug-likeness (QED) is 0.769. The minimum absolute atomic E-state index is 0.00625. The summed E-state index contributed by atoms with van der Waals surface area (Å²) in [7, 11) is -3.69. The summed E-state index contributed by atoms with van der Waals surface area (Å²) in [5.41, 5.74) is 0.567. The van der Waals surface area contributed by atoms with Crippen molar-refractivity contribution in [3.63, 3.8) is 0 Å². The molecule has 0 amide bonds. The molecule has 0 aliphatic heterocycles. The molecule has 20 heavy (non-hydrogen) atoms. The van der Waals surface area contributed by atoms with E-state index < -0.39 is 15.8 Å². The fraction of sp³-hybridized carbons (Fsp3) is 0.538. The van der Waals surface area contributed by atoms with Gasteiger partial charge in [-0.2, -0.15) is 11.8 Å². The van der Waals surface area contributed by atoms with Crippen molar-refractivity contribution in [2.24, 2.45) is 0 Å². The van der Waals surface area contributed by atoms with Crippen LogP contribution in [0.25, 0.3) is 0 Å². The number of hydrogen-bond donors (Lipinski definition) is 2. The molecule has 0 bridgehead atoms. The smallest absolute Gasteiger partial charge is 0.241 e. The van der Waals surface area contributed by atoms with Crippen LogP contribution < -0.4 is 10.0 Å². The third-order valence-corrected chi connectivity index (χ3v) is 5.32. The Morgan fingerprint density at radius 3 is 2.70 bits per heavy atom. The van der Waals surface area contributed by atoms with Gasteiger partial charge in [-0.05, 0) is 30.5 Å². The van der Waals surface area contributed by atoms with E-state index in [4.69, 9.17) is 0 Å². The molecule has 7 heteroatoms. The number of sulfonamides is 1. The van der Waals surface area contributed by atoms with Crippen molar-refractivity contribution in [3.05, 3.63) is 29.6 Å². The van der Waals surface area contributed by atoms with Gasteiger partial charge >= 0.3 is 0 Å². The summed E-state index contributed by atoms with van der Waals surface area (Å²) in [6.07, 6.45) is 1.91. The Kier molecular flexibility index (Phi) is 6.94. The zero-order chi connectivity index (χ0) is 15.2. The van der Waals surface area contributed by atoms with E-state index in [0.29, 0.717) is 25.2 Å². The van der Waals surface area contributed by atoms with E-state index in [2.05, 4.69) is 10.0 Å². The maximum Gasteiger partial charge on any atom is 0.241 e. The lowest BCUT2D eigenvalue weighted by Gasteiger charge is -2.14. The highest BCUT2D eigenvalue weighted by molar-refractivity contribution is 7.99. The van der Waals surface area contributed by atoms with Crippen LogP contribution in [0.2, 0.25) is 0 Å². The van der Waals surface area contributed by atoms with Crippen LogP contribution in [0.15, 0.2) is 23.1 Å². The summed E-state index contributed by atoms with van der Waals surface area (Å²) in [6, 6.07) is 3.85. The second-order valence-corrected chi connectivity index (χ2v) is 7.44. The Balaban J connectivity index is 2.99. The van der Waals surface area contributed by atoms with Gasteiger partial charge < -0.3 is 5.32 Å². The fourth-order valence-electron chi connectivity index (χ4n) is 1.57. The average Bonchev–Trinajstić information content (AvgIpc) is 2.43. The van der Waals surface area contributed by atoms with E-state index in [1.807, 2.05) is 20.1 Å². The molecule has 1 aromatic rings. The molecule has 0 aliphatic rings. The van der Waals surface area contributed by atoms with Crippen molar-refractivity contribution >= 4 is 21.8 Å². The summed E-state index contributed by atoms with van der Waals surface area (Å²) >= 11 is 1.57. The molecule has 1 rings (SSSR count). The van der Waals surface area contributed by atoms with Crippen molar-refractivity contribution in [1.29, 1.82) is 0 Å². The summed E-state index contributed by atoms with van der Waals surface area (Å²) in [4.78, 5) is 0.00625. The highest BCUT2D eigenvalue weighted by Crippen LogP contribution is 2.18. The second kappa shape index (κ2) is 7.97. The highest BCUT2D eigenvalue weighted by Gasteiger charge is 2.19. The third kappa shape index (κ3) is 5.05. The molecule has 114 valence electrons. The number of rotatable bonds is 8. The number of thioether (sulfide) groups is 1. The van der Waals surface area contributed by atoms with Gasteiger partial charge in [-0.1, -0.05) is 19.9 Å². The molecule has 0 radical (unpaired) electrons. The van der Waals surface area contributed by atoms with Crippen LogP contribution in [0, 0.1) is 5.82 Å². The van der Waals surface area contributed by atoms with Gasteiger partial charge in [0.05, 0.1) is 4.90 Å². The molecular weight excluding hydrogens is 299 g/mol. The van der Waals surface area contributed by atoms with Gasteiger partial charge in [-0.25, -0.2) is 17.5 Å². The van der Waals surface area contributed by atoms with Gasteiger partial charge in [-0.15, -0.1) is 0 Å². The molecular formula is C13H21FN2O2S2. The Bertz CT molecular complexity index is 535. The van der Waals surface area contributed by atoms with E-state index in [0.717, 1.165) is 6.07 Å². The van der Waals surface area contributed by atoms with Crippen LogP contribution >= 0.6 is 11.8 Å². The van der Waals surface area contributed by atoms with Crippen LogP contribution in [0.3, 0.4) is 0 Å². The van der Waals surface area contributed by atoms with Gasteiger partial charge in [0, 0.05) is 18.3 Å². The third-order valence-electron chi connectivity index (χ3n) is 2.85. The second-order valence-electron chi connectivity index (χ2n) is 4.43. The lowest BCUT2D eigenvalue weighted by atomic mass is 10.2. The van der Waals surface area contributed by atoms with Crippen LogP contribution in [0.4, 0.5) is 4.39 Å². The van der Waals surface area contributed by atoms with Crippen molar-refractivity contribution in [3.8, 4) is 0 Å². The fourth-order valence-corrected chi connectivity index (χ4v) is 3.31. The Hall–Kier alpha value is -0.630. The summed E-state index contributed by atoms with van der Waals surface area (Å²) in [5.74, 6) is -0.552. The van der Waals surface area contributed by atoms with Crippen LogP contribution in [-0.2, 0) is 16.6 Å². The Morgan fingerprint density at radius 2 is 2.10 bits per heavy atom. The van der Waals surface area contributed by atoms with Crippen LogP contribution in [-0.4, -0.2) is 33.0 Å². The average molecular weight is 320 g/mol. The SMILES string of the molecule is CCNCc1ccc(F)cc1S(=O)(=O)NCC(C)SC. The molecule has 0 aromatic heterocycles. The van der Waals surface area contributed by atoms with E-state index in [9.17, 15) is 12.8 Å². The minimum Gasteiger partial charge on any atom is -0.313 e. The Morgan fingerprint density at radius 1 is 1.40 bits per heavy atom. The number of hydrogen-bond acceptors (Lipinski definition) is 4. The molecule has 1 aromatic carbocycles. The van der Waals surface area contributed by atoms with Crippen LogP contribution in [0.5, 0.6) is 0 Å². The van der Waals surface area contributed by atoms with E-state index in [1.54, 1.807) is 11.8 Å². The standard InChI is InChI=1S/C13H21FN2O2S2/c1-4-15-9-11-5-6-12(14)7-13(11)20(17,18)16-8-10(2)19-3/h5-7,10,15-16H,4,8-9H2,1-3H3. The van der Waals surface area contributed by atoms with Crippen LogP contribution in [0.1, 0.15) is 19.4 Å². The van der Waals surface area contributed by atoms with E-state index >= 15 is 0 Å². The molecule has 1 unspecified atom stereocenters. The zero-order valence-corrected chi connectivity index (χ0v) is 13.6. The van der Waals surface area contributed by atoms with Gasteiger partial charge in [0.1, 0.15) is 5.82 Å². The van der Waals surface area contributed by atoms with Gasteiger partial charge in [0.15, 0.2) is 0 Å². The first kappa shape index (κ1) is 17.4. The molecule has 2 N–H and O–H groups in total. The molecule has 4 nitrogen and oxygen atoms in total. The molecule has 0 heterocycles. The molecule has 0 saturated carbocycles. The molecule has 0 fully saturated rings. The first-order valence-electron chi connectivity index (χ1n) is 6.42. The summed E-state index contributed by atoms with van der Waals surface area (Å²) in [6.45, 7) is 5.29. The van der Waals surface area contributed by atoms with E-state index in [-0.39, 0.29) is 10.1 Å². The molecule has 1 atom stereocenters. The van der Waals surface area contributed by atoms with E-state index in [1.165, 1.54) is 12.1 Å². The maximum atomic E-state index is 13.3. The predicted molar refractivity (Wildman–Crippen MR) is 81.9 cm³/mol. The van der Waals surface area contributed by atoms with Crippen molar-refractivity contribution in [2.75, 3.05) is 19.3 Å². The van der Waals surface area contributed by atoms with Gasteiger partial charge in [0.2, 0.25) is 10.0 Å². The number of halogens is 1. The monoisotopic (exact) mass is 320 g/mol. The lowest BCUT2D eigenvalue weighted by Crippen LogP contribution is -2.30. The first-order valence-corrected chi connectivity index (χ1v) is 9.19. The summed E-state index contributed by atoms with van der Waals surface area (Å²) in [5, 5.41) is 3.22. The molecule has 0 spiro atoms. The first-order chi connectivity index (χ1) is 9.40. The van der Waals surface area contributed by atoms with Crippen molar-refractivity contribution in [2.45, 2.75) is 30.5 Å². The normalized spacial score (nSPS) is 13.4. The largest absolute Gasteiger partial charge is 0.313 e. The van der Waals surface area contributed by atoms with Gasteiger partial charge in [0.25, 0.3) is 0 Å². The Labute approximate surface area is 124 Å². The zero-order valence-electron chi connectivity index (χ0n) is 11.9. The number of benzene rings is 1. The molecule has 0 aliphatic carbocycles. The highest BCUT2D eigenvalue weighted by atomic mass is 32.2. The van der Waals surface area contributed by atoms with Gasteiger partial charge in [-0.3, -0.25) is 0 Å². The van der Waals surface area contributed by atoms with Crippen molar-refractivity contribution < 1.29 is 12.8 Å². The maximum absolute atomic E-state index is 13.3. The minimum atomic E-state index is -3.69. The predicted octanol–water partition coefficient (Wildman–Crippen LogP) is 1.97. The molecule has 0 saturated heterocycles. The summed E-state index contributed by atoms with van der Waals surface area (Å²) < 4.78 is 40.4. The van der Waals surface area contributed by atoms with Crippen molar-refractivity contribution in [1.82, 2.24) is 10.0 Å². The number of nitrogens with one attached hydrogen (secondary N) is 2. The topological polar surface area (TPSA) is 58.2 Å².